The van der Waals surface area contributed by atoms with E-state index in [1.54, 1.807) is 0 Å². The number of amides is 1. The summed E-state index contributed by atoms with van der Waals surface area (Å²) in [6.07, 6.45) is 1.99. The van der Waals surface area contributed by atoms with Crippen molar-refractivity contribution in [2.75, 3.05) is 18.4 Å². The van der Waals surface area contributed by atoms with Crippen LogP contribution in [0.5, 0.6) is 11.6 Å². The van der Waals surface area contributed by atoms with Crippen LogP contribution in [-0.2, 0) is 10.0 Å². The van der Waals surface area contributed by atoms with Crippen molar-refractivity contribution < 1.29 is 22.7 Å². The molecule has 0 aliphatic carbocycles. The maximum Gasteiger partial charge on any atom is 0.265 e. The number of fused-ring (bicyclic) bond motifs is 1. The summed E-state index contributed by atoms with van der Waals surface area (Å²) in [6.45, 7) is 2.22. The van der Waals surface area contributed by atoms with Gasteiger partial charge in [-0.1, -0.05) is 18.5 Å². The van der Waals surface area contributed by atoms with E-state index in [0.717, 1.165) is 0 Å². The van der Waals surface area contributed by atoms with Gasteiger partial charge in [0.05, 0.1) is 25.0 Å². The van der Waals surface area contributed by atoms with Crippen molar-refractivity contribution in [3.63, 3.8) is 0 Å². The standard InChI is InChI=1S/C17H18ClN3O5S/c1-3-11-9-26-17-13(16(22)20-11)7-12(8-19-17)21-27(23,24)15-6-10(18)4-5-14(15)25-2/h4-8,11,21H,3,9H2,1-2H3,(H,20,22). The number of nitrogens with zero attached hydrogens (tertiary/aromatic N) is 1. The molecule has 1 aliphatic rings. The Morgan fingerprint density at radius 3 is 2.89 bits per heavy atom. The van der Waals surface area contributed by atoms with Gasteiger partial charge in [-0.3, -0.25) is 9.52 Å². The van der Waals surface area contributed by atoms with E-state index < -0.39 is 10.0 Å². The van der Waals surface area contributed by atoms with Gasteiger partial charge < -0.3 is 14.8 Å². The second-order valence-corrected chi connectivity index (χ2v) is 7.95. The van der Waals surface area contributed by atoms with Crippen LogP contribution in [0, 0.1) is 0 Å². The lowest BCUT2D eigenvalue weighted by atomic mass is 10.2. The zero-order valence-electron chi connectivity index (χ0n) is 14.7. The van der Waals surface area contributed by atoms with Gasteiger partial charge in [0.25, 0.3) is 15.9 Å². The fourth-order valence-corrected chi connectivity index (χ4v) is 4.03. The highest BCUT2D eigenvalue weighted by atomic mass is 35.5. The van der Waals surface area contributed by atoms with Gasteiger partial charge in [-0.15, -0.1) is 0 Å². The molecule has 27 heavy (non-hydrogen) atoms. The summed E-state index contributed by atoms with van der Waals surface area (Å²) in [5, 5.41) is 3.06. The number of ether oxygens (including phenoxy) is 2. The Morgan fingerprint density at radius 2 is 2.19 bits per heavy atom. The first-order valence-corrected chi connectivity index (χ1v) is 10.00. The number of hydrogen-bond acceptors (Lipinski definition) is 6. The number of nitrogens with one attached hydrogen (secondary N) is 2. The molecule has 10 heteroatoms. The molecule has 1 aliphatic heterocycles. The summed E-state index contributed by atoms with van der Waals surface area (Å²) in [7, 11) is -2.66. The van der Waals surface area contributed by atoms with E-state index in [1.165, 1.54) is 37.6 Å². The molecule has 2 heterocycles. The minimum Gasteiger partial charge on any atom is -0.495 e. The van der Waals surface area contributed by atoms with Crippen molar-refractivity contribution in [2.45, 2.75) is 24.3 Å². The number of carbonyl (C=O) groups is 1. The maximum atomic E-state index is 12.7. The van der Waals surface area contributed by atoms with Crippen LogP contribution in [0.4, 0.5) is 5.69 Å². The molecule has 1 atom stereocenters. The Kier molecular flexibility index (Phi) is 5.43. The molecule has 0 bridgehead atoms. The fraction of sp³-hybridized carbons (Fsp3) is 0.294. The van der Waals surface area contributed by atoms with Gasteiger partial charge in [-0.2, -0.15) is 0 Å². The van der Waals surface area contributed by atoms with Crippen molar-refractivity contribution >= 4 is 33.2 Å². The van der Waals surface area contributed by atoms with Crippen LogP contribution >= 0.6 is 11.6 Å². The topological polar surface area (TPSA) is 107 Å². The van der Waals surface area contributed by atoms with Crippen molar-refractivity contribution in [3.8, 4) is 11.6 Å². The lowest BCUT2D eigenvalue weighted by Gasteiger charge is -2.13. The van der Waals surface area contributed by atoms with E-state index in [1.807, 2.05) is 6.92 Å². The molecule has 0 radical (unpaired) electrons. The second-order valence-electron chi connectivity index (χ2n) is 5.87. The molecular weight excluding hydrogens is 394 g/mol. The van der Waals surface area contributed by atoms with Crippen molar-refractivity contribution in [1.29, 1.82) is 0 Å². The van der Waals surface area contributed by atoms with Crippen LogP contribution in [0.15, 0.2) is 35.4 Å². The van der Waals surface area contributed by atoms with Crippen LogP contribution in [0.3, 0.4) is 0 Å². The highest BCUT2D eigenvalue weighted by molar-refractivity contribution is 7.92. The molecular formula is C17H18ClN3O5S. The van der Waals surface area contributed by atoms with Crippen LogP contribution < -0.4 is 19.5 Å². The number of halogens is 1. The summed E-state index contributed by atoms with van der Waals surface area (Å²) < 4.78 is 38.5. The predicted molar refractivity (Wildman–Crippen MR) is 100 cm³/mol. The summed E-state index contributed by atoms with van der Waals surface area (Å²) in [6, 6.07) is 5.50. The molecule has 0 fully saturated rings. The Morgan fingerprint density at radius 1 is 1.41 bits per heavy atom. The zero-order valence-corrected chi connectivity index (χ0v) is 16.2. The van der Waals surface area contributed by atoms with Crippen molar-refractivity contribution in [3.05, 3.63) is 41.0 Å². The number of benzene rings is 1. The molecule has 0 spiro atoms. The minimum atomic E-state index is -4.02. The van der Waals surface area contributed by atoms with E-state index >= 15 is 0 Å². The van der Waals surface area contributed by atoms with E-state index in [0.29, 0.717) is 13.0 Å². The average Bonchev–Trinajstić information content (AvgIpc) is 2.80. The van der Waals surface area contributed by atoms with E-state index in [2.05, 4.69) is 15.0 Å². The van der Waals surface area contributed by atoms with Gasteiger partial charge in [-0.05, 0) is 30.7 Å². The quantitative estimate of drug-likeness (QED) is 0.782. The third-order valence-corrected chi connectivity index (χ3v) is 5.65. The second kappa shape index (κ2) is 7.61. The van der Waals surface area contributed by atoms with Crippen LogP contribution in [-0.4, -0.2) is 39.1 Å². The Labute approximate surface area is 161 Å². The van der Waals surface area contributed by atoms with Crippen molar-refractivity contribution in [1.82, 2.24) is 10.3 Å². The van der Waals surface area contributed by atoms with E-state index in [-0.39, 0.29) is 44.7 Å². The lowest BCUT2D eigenvalue weighted by molar-refractivity contribution is 0.0937. The Bertz CT molecular complexity index is 981. The third kappa shape index (κ3) is 4.09. The Balaban J connectivity index is 1.93. The molecule has 0 saturated carbocycles. The number of carbonyl (C=O) groups excluding carboxylic acids is 1. The van der Waals surface area contributed by atoms with Gasteiger partial charge >= 0.3 is 0 Å². The maximum absolute atomic E-state index is 12.7. The fourth-order valence-electron chi connectivity index (χ4n) is 2.56. The average molecular weight is 412 g/mol. The third-order valence-electron chi connectivity index (χ3n) is 4.01. The molecule has 1 amide bonds. The monoisotopic (exact) mass is 411 g/mol. The minimum absolute atomic E-state index is 0.115. The molecule has 8 nitrogen and oxygen atoms in total. The molecule has 144 valence electrons. The van der Waals surface area contributed by atoms with Crippen molar-refractivity contribution in [2.24, 2.45) is 0 Å². The van der Waals surface area contributed by atoms with Gasteiger partial charge in [-0.25, -0.2) is 13.4 Å². The molecule has 1 unspecified atom stereocenters. The van der Waals surface area contributed by atoms with Gasteiger partial charge in [0.2, 0.25) is 5.88 Å². The largest absolute Gasteiger partial charge is 0.495 e. The molecule has 2 aromatic rings. The first-order valence-electron chi connectivity index (χ1n) is 8.14. The molecule has 1 aromatic heterocycles. The van der Waals surface area contributed by atoms with Gasteiger partial charge in [0.15, 0.2) is 0 Å². The predicted octanol–water partition coefficient (Wildman–Crippen LogP) is 2.45. The van der Waals surface area contributed by atoms with Crippen LogP contribution in [0.1, 0.15) is 23.7 Å². The molecule has 3 rings (SSSR count). The van der Waals surface area contributed by atoms with E-state index in [9.17, 15) is 13.2 Å². The normalized spacial score (nSPS) is 16.6. The molecule has 2 N–H and O–H groups in total. The van der Waals surface area contributed by atoms with Crippen LogP contribution in [0.25, 0.3) is 0 Å². The number of aromatic nitrogens is 1. The van der Waals surface area contributed by atoms with Gasteiger partial charge in [0.1, 0.15) is 22.8 Å². The summed E-state index contributed by atoms with van der Waals surface area (Å²) in [5.74, 6) is -0.0727. The SMILES string of the molecule is CCC1COc2ncc(NS(=O)(=O)c3cc(Cl)ccc3OC)cc2C(=O)N1. The number of sulfonamides is 1. The lowest BCUT2D eigenvalue weighted by Crippen LogP contribution is -2.36. The summed E-state index contributed by atoms with van der Waals surface area (Å²) in [5.41, 5.74) is 0.272. The molecule has 0 saturated heterocycles. The number of pyridine rings is 1. The highest BCUT2D eigenvalue weighted by Crippen LogP contribution is 2.30. The first kappa shape index (κ1) is 19.2. The summed E-state index contributed by atoms with van der Waals surface area (Å²) >= 11 is 5.91. The zero-order chi connectivity index (χ0) is 19.6. The number of rotatable bonds is 5. The first-order chi connectivity index (χ1) is 12.8. The van der Waals surface area contributed by atoms with Crippen LogP contribution in [0.2, 0.25) is 5.02 Å². The smallest absolute Gasteiger partial charge is 0.265 e. The number of methoxy groups -OCH3 is 1. The summed E-state index contributed by atoms with van der Waals surface area (Å²) in [4.78, 5) is 16.3. The van der Waals surface area contributed by atoms with E-state index in [4.69, 9.17) is 21.1 Å². The Hall–Kier alpha value is -2.52. The van der Waals surface area contributed by atoms with Gasteiger partial charge in [0, 0.05) is 5.02 Å². The number of anilines is 1. The number of hydrogen-bond donors (Lipinski definition) is 2. The highest BCUT2D eigenvalue weighted by Gasteiger charge is 2.25. The molecule has 1 aromatic carbocycles.